The first-order valence-electron chi connectivity index (χ1n) is 8.68. The fourth-order valence-electron chi connectivity index (χ4n) is 4.87. The summed E-state index contributed by atoms with van der Waals surface area (Å²) in [7, 11) is -2.93. The Morgan fingerprint density at radius 2 is 1.81 bits per heavy atom. The first-order chi connectivity index (χ1) is 9.76. The lowest BCUT2D eigenvalue weighted by Gasteiger charge is -2.31. The Hall–Kier alpha value is -0.461. The Labute approximate surface area is 134 Å². The van der Waals surface area contributed by atoms with Gasteiger partial charge in [-0.15, -0.1) is 12.0 Å². The minimum absolute atomic E-state index is 0.765. The fourth-order valence-corrected chi connectivity index (χ4v) is 13.2. The summed E-state index contributed by atoms with van der Waals surface area (Å²) in [6, 6.07) is 0. The second-order valence-electron chi connectivity index (χ2n) is 7.97. The van der Waals surface area contributed by atoms with Crippen LogP contribution < -0.4 is 0 Å². The van der Waals surface area contributed by atoms with Crippen molar-refractivity contribution in [3.05, 3.63) is 22.3 Å². The molecule has 0 aromatic rings. The van der Waals surface area contributed by atoms with E-state index < -0.39 is 16.1 Å². The van der Waals surface area contributed by atoms with Gasteiger partial charge in [0.2, 0.25) is 0 Å². The van der Waals surface area contributed by atoms with E-state index in [9.17, 15) is 0 Å². The van der Waals surface area contributed by atoms with Crippen LogP contribution in [0.5, 0.6) is 0 Å². The number of hydrogen-bond donors (Lipinski definition) is 0. The van der Waals surface area contributed by atoms with E-state index >= 15 is 0 Å². The zero-order valence-electron chi connectivity index (χ0n) is 15.0. The van der Waals surface area contributed by atoms with Gasteiger partial charge in [-0.1, -0.05) is 81.9 Å². The molecule has 0 nitrogen and oxygen atoms in total. The molecule has 3 heteroatoms. The van der Waals surface area contributed by atoms with Crippen LogP contribution in [-0.4, -0.2) is 22.9 Å². The Morgan fingerprint density at radius 3 is 2.24 bits per heavy atom. The molecule has 2 bridgehead atoms. The van der Waals surface area contributed by atoms with Crippen LogP contribution >= 0.6 is 0 Å². The highest BCUT2D eigenvalue weighted by Gasteiger charge is 2.57. The molecule has 0 amide bonds. The minimum Gasteiger partial charge on any atom is -0.130 e. The maximum absolute atomic E-state index is 5.91. The normalized spacial score (nSPS) is 26.9. The number of fused-ring (bicyclic) bond motifs is 2. The summed E-state index contributed by atoms with van der Waals surface area (Å²) in [5.74, 6) is 0. The van der Waals surface area contributed by atoms with Crippen LogP contribution in [0.4, 0.5) is 0 Å². The zero-order valence-corrected chi connectivity index (χ0v) is 17.0. The molecule has 0 aliphatic carbocycles. The molecule has 2 aliphatic rings. The smallest absolute Gasteiger partial charge is 0.130 e. The largest absolute Gasteiger partial charge is 0.170 e. The number of rotatable bonds is 5. The maximum atomic E-state index is 5.91. The lowest BCUT2D eigenvalue weighted by Crippen LogP contribution is -2.36. The van der Waals surface area contributed by atoms with Crippen molar-refractivity contribution in [2.75, 3.05) is 0 Å². The molecule has 2 unspecified atom stereocenters. The Balaban J connectivity index is 2.54. The van der Waals surface area contributed by atoms with Crippen molar-refractivity contribution < 1.29 is 0 Å². The van der Waals surface area contributed by atoms with E-state index in [0.29, 0.717) is 0 Å². The Morgan fingerprint density at radius 1 is 1.24 bits per heavy atom. The van der Waals surface area contributed by atoms with Crippen molar-refractivity contribution in [1.29, 1.82) is 0 Å². The van der Waals surface area contributed by atoms with Gasteiger partial charge in [0, 0.05) is 0 Å². The monoisotopic (exact) mass is 314 g/mol. The molecule has 21 heavy (non-hydrogen) atoms. The average molecular weight is 314 g/mol. The van der Waals surface area contributed by atoms with Gasteiger partial charge in [-0.3, -0.25) is 0 Å². The molecule has 0 fully saturated rings. The van der Waals surface area contributed by atoms with Crippen LogP contribution in [0.25, 0.3) is 0 Å². The van der Waals surface area contributed by atoms with E-state index in [1.807, 2.05) is 5.47 Å². The van der Waals surface area contributed by atoms with E-state index in [-0.39, 0.29) is 0 Å². The molecule has 0 radical (unpaired) electrons. The fraction of sp³-hybridized carbons (Fsp3) is 0.667. The van der Waals surface area contributed by atoms with Gasteiger partial charge in [0.25, 0.3) is 0 Å². The molecule has 0 N–H and O–H groups in total. The Bertz CT molecular complexity index is 530. The average Bonchev–Trinajstić information content (AvgIpc) is 2.84. The second-order valence-corrected chi connectivity index (χ2v) is 16.9. The molecule has 2 aliphatic heterocycles. The molecule has 0 aromatic carbocycles. The van der Waals surface area contributed by atoms with Gasteiger partial charge in [-0.25, -0.2) is 0 Å². The van der Waals surface area contributed by atoms with E-state index in [4.69, 9.17) is 6.42 Å². The second kappa shape index (κ2) is 5.63. The third-order valence-corrected chi connectivity index (χ3v) is 13.3. The summed E-state index contributed by atoms with van der Waals surface area (Å²) >= 11 is 0. The summed E-state index contributed by atoms with van der Waals surface area (Å²) in [6.07, 6.45) is 12.4. The molecular formula is C18H31BSi2. The van der Waals surface area contributed by atoms with E-state index in [1.165, 1.54) is 19.1 Å². The van der Waals surface area contributed by atoms with Crippen molar-refractivity contribution in [2.24, 2.45) is 0 Å². The van der Waals surface area contributed by atoms with Gasteiger partial charge in [0.15, 0.2) is 14.8 Å². The van der Waals surface area contributed by atoms with Gasteiger partial charge in [-0.2, -0.15) is 0 Å². The summed E-state index contributed by atoms with van der Waals surface area (Å²) < 4.78 is 0. The first kappa shape index (κ1) is 16.9. The quantitative estimate of drug-likeness (QED) is 0.458. The summed E-state index contributed by atoms with van der Waals surface area (Å²) in [6.45, 7) is 17.8. The van der Waals surface area contributed by atoms with Crippen molar-refractivity contribution in [1.82, 2.24) is 0 Å². The third-order valence-electron chi connectivity index (χ3n) is 6.15. The van der Waals surface area contributed by atoms with Gasteiger partial charge in [-0.05, 0) is 17.5 Å². The predicted molar refractivity (Wildman–Crippen MR) is 103 cm³/mol. The highest BCUT2D eigenvalue weighted by Crippen LogP contribution is 2.63. The zero-order chi connectivity index (χ0) is 16.0. The molecule has 0 spiro atoms. The first-order valence-corrected chi connectivity index (χ1v) is 14.8. The van der Waals surface area contributed by atoms with Gasteiger partial charge in [0.05, 0.1) is 8.07 Å². The molecule has 0 aromatic heterocycles. The van der Waals surface area contributed by atoms with Crippen molar-refractivity contribution in [2.45, 2.75) is 77.1 Å². The van der Waals surface area contributed by atoms with Crippen LogP contribution in [-0.2, 0) is 0 Å². The van der Waals surface area contributed by atoms with Gasteiger partial charge >= 0.3 is 0 Å². The van der Waals surface area contributed by atoms with Gasteiger partial charge in [0.1, 0.15) is 0 Å². The lowest BCUT2D eigenvalue weighted by atomic mass is 9.39. The van der Waals surface area contributed by atoms with Crippen molar-refractivity contribution in [3.63, 3.8) is 0 Å². The van der Waals surface area contributed by atoms with E-state index in [0.717, 1.165) is 17.8 Å². The molecule has 2 atom stereocenters. The summed E-state index contributed by atoms with van der Waals surface area (Å²) in [5.41, 5.74) is 8.38. The van der Waals surface area contributed by atoms with Crippen LogP contribution in [0.1, 0.15) is 27.2 Å². The third kappa shape index (κ3) is 2.35. The van der Waals surface area contributed by atoms with Crippen molar-refractivity contribution >= 4 is 22.9 Å². The molecule has 114 valence electrons. The summed E-state index contributed by atoms with van der Waals surface area (Å²) in [4.78, 5) is 0. The van der Waals surface area contributed by atoms with Crippen molar-refractivity contribution in [3.8, 4) is 12.0 Å². The standard InChI is InChI=1S/C18H31BSi2/c1-9-14-17(19(10-2)11-3)15-13-16(20(5,6)12-4)18(14)21(15,7)8/h4,13,15,18H,9-11H2,1-3,5-8H3. The summed E-state index contributed by atoms with van der Waals surface area (Å²) in [5, 5.41) is 1.71. The maximum Gasteiger partial charge on any atom is 0.170 e. The molecule has 2 heterocycles. The topological polar surface area (TPSA) is 0 Å². The van der Waals surface area contributed by atoms with Crippen LogP contribution in [0.15, 0.2) is 22.3 Å². The van der Waals surface area contributed by atoms with E-state index in [2.05, 4.69) is 58.6 Å². The number of terminal acetylenes is 1. The molecule has 0 saturated heterocycles. The van der Waals surface area contributed by atoms with Gasteiger partial charge < -0.3 is 0 Å². The molecule has 0 saturated carbocycles. The van der Waals surface area contributed by atoms with Crippen LogP contribution in [0, 0.1) is 12.0 Å². The highest BCUT2D eigenvalue weighted by molar-refractivity contribution is 6.97. The highest BCUT2D eigenvalue weighted by atomic mass is 28.3. The van der Waals surface area contributed by atoms with Crippen LogP contribution in [0.3, 0.4) is 0 Å². The lowest BCUT2D eigenvalue weighted by molar-refractivity contribution is 0.987. The number of hydrogen-bond acceptors (Lipinski definition) is 0. The minimum atomic E-state index is -1.64. The Kier molecular flexibility index (Phi) is 4.53. The van der Waals surface area contributed by atoms with Crippen LogP contribution in [0.2, 0.25) is 49.9 Å². The van der Waals surface area contributed by atoms with E-state index in [1.54, 1.807) is 10.8 Å². The number of allylic oxidation sites excluding steroid dienone is 4. The molecule has 2 rings (SSSR count). The predicted octanol–water partition coefficient (Wildman–Crippen LogP) is 5.59. The SMILES string of the molecule is C#C[Si](C)(C)C1=CC2C(B(CC)CC)=C(CC)C1[Si]2(C)C. The molecular weight excluding hydrogens is 283 g/mol.